The van der Waals surface area contributed by atoms with E-state index in [1.165, 1.54) is 22.3 Å². The van der Waals surface area contributed by atoms with E-state index in [2.05, 4.69) is 55.5 Å². The van der Waals surface area contributed by atoms with Gasteiger partial charge in [0, 0.05) is 13.0 Å². The van der Waals surface area contributed by atoms with E-state index < -0.39 is 0 Å². The zero-order chi connectivity index (χ0) is 14.8. The number of carbonyl (C=O) groups is 1. The van der Waals surface area contributed by atoms with Crippen molar-refractivity contribution >= 4 is 5.91 Å². The van der Waals surface area contributed by atoms with Crippen molar-refractivity contribution in [3.05, 3.63) is 70.8 Å². The summed E-state index contributed by atoms with van der Waals surface area (Å²) in [7, 11) is 0. The molecule has 21 heavy (non-hydrogen) atoms. The maximum Gasteiger partial charge on any atom is 0.223 e. The number of carbonyl (C=O) groups excluding carboxylic acids is 1. The summed E-state index contributed by atoms with van der Waals surface area (Å²) in [6.45, 7) is 4.88. The summed E-state index contributed by atoms with van der Waals surface area (Å²) in [5.41, 5.74) is 5.13. The molecule has 1 aliphatic rings. The molecule has 1 atom stereocenters. The van der Waals surface area contributed by atoms with Gasteiger partial charge in [0.2, 0.25) is 5.91 Å². The summed E-state index contributed by atoms with van der Waals surface area (Å²) in [6, 6.07) is 17.0. The third kappa shape index (κ3) is 2.46. The summed E-state index contributed by atoms with van der Waals surface area (Å²) < 4.78 is 0. The minimum Gasteiger partial charge on any atom is -0.331 e. The highest BCUT2D eigenvalue weighted by Gasteiger charge is 2.31. The molecule has 0 saturated heterocycles. The second kappa shape index (κ2) is 5.72. The SMILES string of the molecule is CCC(=O)N1CCc2ccccc2C1c1ccccc1C. The van der Waals surface area contributed by atoms with Crippen LogP contribution in [-0.2, 0) is 11.2 Å². The van der Waals surface area contributed by atoms with Crippen LogP contribution in [0.3, 0.4) is 0 Å². The van der Waals surface area contributed by atoms with Crippen LogP contribution in [0.2, 0.25) is 0 Å². The summed E-state index contributed by atoms with van der Waals surface area (Å²) in [6.07, 6.45) is 1.51. The lowest BCUT2D eigenvalue weighted by Gasteiger charge is -2.38. The number of amides is 1. The molecule has 0 radical (unpaired) electrons. The summed E-state index contributed by atoms with van der Waals surface area (Å²) in [4.78, 5) is 14.4. The van der Waals surface area contributed by atoms with Crippen LogP contribution >= 0.6 is 0 Å². The second-order valence-electron chi connectivity index (χ2n) is 5.65. The molecule has 2 nitrogen and oxygen atoms in total. The lowest BCUT2D eigenvalue weighted by atomic mass is 9.86. The summed E-state index contributed by atoms with van der Waals surface area (Å²) in [5.74, 6) is 0.234. The first-order valence-electron chi connectivity index (χ1n) is 7.65. The molecule has 1 amide bonds. The molecule has 0 N–H and O–H groups in total. The molecule has 0 aliphatic carbocycles. The van der Waals surface area contributed by atoms with E-state index in [1.807, 2.05) is 11.8 Å². The molecule has 0 fully saturated rings. The van der Waals surface area contributed by atoms with Crippen molar-refractivity contribution in [3.8, 4) is 0 Å². The molecule has 3 rings (SSSR count). The smallest absolute Gasteiger partial charge is 0.223 e. The highest BCUT2D eigenvalue weighted by molar-refractivity contribution is 5.77. The summed E-state index contributed by atoms with van der Waals surface area (Å²) in [5, 5.41) is 0. The third-order valence-corrected chi connectivity index (χ3v) is 4.39. The first kappa shape index (κ1) is 13.9. The van der Waals surface area contributed by atoms with Gasteiger partial charge in [-0.1, -0.05) is 55.5 Å². The Morgan fingerprint density at radius 1 is 1.10 bits per heavy atom. The van der Waals surface area contributed by atoms with E-state index in [9.17, 15) is 4.79 Å². The topological polar surface area (TPSA) is 20.3 Å². The molecule has 1 aliphatic heterocycles. The van der Waals surface area contributed by atoms with E-state index in [1.54, 1.807) is 0 Å². The van der Waals surface area contributed by atoms with Crippen LogP contribution in [0, 0.1) is 6.92 Å². The normalized spacial score (nSPS) is 17.4. The predicted octanol–water partition coefficient (Wildman–Crippen LogP) is 3.88. The van der Waals surface area contributed by atoms with Gasteiger partial charge in [-0.05, 0) is 35.6 Å². The van der Waals surface area contributed by atoms with Gasteiger partial charge in [0.15, 0.2) is 0 Å². The molecule has 0 aromatic heterocycles. The van der Waals surface area contributed by atoms with Gasteiger partial charge in [-0.15, -0.1) is 0 Å². The van der Waals surface area contributed by atoms with Gasteiger partial charge >= 0.3 is 0 Å². The number of hydrogen-bond acceptors (Lipinski definition) is 1. The van der Waals surface area contributed by atoms with Gasteiger partial charge < -0.3 is 4.90 Å². The molecule has 1 heterocycles. The van der Waals surface area contributed by atoms with Gasteiger partial charge in [0.05, 0.1) is 6.04 Å². The first-order chi connectivity index (χ1) is 10.2. The fraction of sp³-hybridized carbons (Fsp3) is 0.316. The molecule has 2 heteroatoms. The lowest BCUT2D eigenvalue weighted by Crippen LogP contribution is -2.40. The first-order valence-corrected chi connectivity index (χ1v) is 7.65. The third-order valence-electron chi connectivity index (χ3n) is 4.39. The van der Waals surface area contributed by atoms with Gasteiger partial charge in [-0.2, -0.15) is 0 Å². The number of nitrogens with zero attached hydrogens (tertiary/aromatic N) is 1. The Kier molecular flexibility index (Phi) is 3.78. The van der Waals surface area contributed by atoms with Gasteiger partial charge in [0.1, 0.15) is 0 Å². The lowest BCUT2D eigenvalue weighted by molar-refractivity contribution is -0.132. The van der Waals surface area contributed by atoms with Crippen LogP contribution in [0.25, 0.3) is 0 Å². The molecule has 0 saturated carbocycles. The number of fused-ring (bicyclic) bond motifs is 1. The fourth-order valence-corrected chi connectivity index (χ4v) is 3.27. The zero-order valence-corrected chi connectivity index (χ0v) is 12.7. The van der Waals surface area contributed by atoms with Gasteiger partial charge in [0.25, 0.3) is 0 Å². The zero-order valence-electron chi connectivity index (χ0n) is 12.7. The molecule has 0 bridgehead atoms. The van der Waals surface area contributed by atoms with Crippen LogP contribution in [0.1, 0.15) is 41.6 Å². The van der Waals surface area contributed by atoms with Crippen molar-refractivity contribution in [1.29, 1.82) is 0 Å². The van der Waals surface area contributed by atoms with E-state index >= 15 is 0 Å². The average Bonchev–Trinajstić information content (AvgIpc) is 2.54. The summed E-state index contributed by atoms with van der Waals surface area (Å²) >= 11 is 0. The Morgan fingerprint density at radius 2 is 1.76 bits per heavy atom. The van der Waals surface area contributed by atoms with E-state index in [4.69, 9.17) is 0 Å². The minimum absolute atomic E-state index is 0.0589. The van der Waals surface area contributed by atoms with Crippen molar-refractivity contribution in [3.63, 3.8) is 0 Å². The Morgan fingerprint density at radius 3 is 2.48 bits per heavy atom. The second-order valence-corrected chi connectivity index (χ2v) is 5.65. The molecule has 108 valence electrons. The van der Waals surface area contributed by atoms with Crippen molar-refractivity contribution in [2.75, 3.05) is 6.54 Å². The Labute approximate surface area is 126 Å². The minimum atomic E-state index is 0.0589. The van der Waals surface area contributed by atoms with Crippen molar-refractivity contribution in [1.82, 2.24) is 4.90 Å². The highest BCUT2D eigenvalue weighted by Crippen LogP contribution is 2.36. The van der Waals surface area contributed by atoms with Crippen LogP contribution in [0.15, 0.2) is 48.5 Å². The maximum atomic E-state index is 12.4. The Balaban J connectivity index is 2.15. The number of hydrogen-bond donors (Lipinski definition) is 0. The molecule has 2 aromatic rings. The van der Waals surface area contributed by atoms with Crippen LogP contribution < -0.4 is 0 Å². The van der Waals surface area contributed by atoms with Crippen LogP contribution in [0.5, 0.6) is 0 Å². The standard InChI is InChI=1S/C19H21NO/c1-3-18(21)20-13-12-15-9-5-7-11-17(15)19(20)16-10-6-4-8-14(16)2/h4-11,19H,3,12-13H2,1-2H3. The predicted molar refractivity (Wildman–Crippen MR) is 85.2 cm³/mol. The maximum absolute atomic E-state index is 12.4. The monoisotopic (exact) mass is 279 g/mol. The van der Waals surface area contributed by atoms with Gasteiger partial charge in [-0.3, -0.25) is 4.79 Å². The van der Waals surface area contributed by atoms with Crippen LogP contribution in [-0.4, -0.2) is 17.4 Å². The Bertz CT molecular complexity index is 662. The van der Waals surface area contributed by atoms with E-state index in [-0.39, 0.29) is 11.9 Å². The molecular formula is C19H21NO. The number of rotatable bonds is 2. The van der Waals surface area contributed by atoms with Crippen molar-refractivity contribution < 1.29 is 4.79 Å². The number of aryl methyl sites for hydroxylation is 1. The molecular weight excluding hydrogens is 258 g/mol. The molecule has 2 aromatic carbocycles. The van der Waals surface area contributed by atoms with Gasteiger partial charge in [-0.25, -0.2) is 0 Å². The number of benzene rings is 2. The van der Waals surface area contributed by atoms with E-state index in [0.717, 1.165) is 13.0 Å². The Hall–Kier alpha value is -2.09. The molecule has 1 unspecified atom stereocenters. The average molecular weight is 279 g/mol. The van der Waals surface area contributed by atoms with Crippen molar-refractivity contribution in [2.45, 2.75) is 32.7 Å². The van der Waals surface area contributed by atoms with Crippen molar-refractivity contribution in [2.24, 2.45) is 0 Å². The quantitative estimate of drug-likeness (QED) is 0.817. The largest absolute Gasteiger partial charge is 0.331 e. The molecule has 0 spiro atoms. The van der Waals surface area contributed by atoms with E-state index in [0.29, 0.717) is 6.42 Å². The van der Waals surface area contributed by atoms with Crippen LogP contribution in [0.4, 0.5) is 0 Å². The fourth-order valence-electron chi connectivity index (χ4n) is 3.27. The highest BCUT2D eigenvalue weighted by atomic mass is 16.2.